The normalized spacial score (nSPS) is 15.8. The van der Waals surface area contributed by atoms with Crippen LogP contribution in [0.3, 0.4) is 0 Å². The highest BCUT2D eigenvalue weighted by molar-refractivity contribution is 7.16. The molecule has 0 fully saturated rings. The molecule has 136 valence electrons. The summed E-state index contributed by atoms with van der Waals surface area (Å²) in [5, 5.41) is 15.3. The molecule has 1 aliphatic carbocycles. The average molecular weight is 376 g/mol. The molecule has 0 saturated carbocycles. The molecule has 1 atom stereocenters. The molecular formula is C22H20N2O2S. The number of rotatable bonds is 4. The fourth-order valence-electron chi connectivity index (χ4n) is 3.53. The number of thiophene rings is 1. The van der Waals surface area contributed by atoms with Gasteiger partial charge in [-0.3, -0.25) is 4.79 Å². The molecule has 5 heteroatoms. The highest BCUT2D eigenvalue weighted by Gasteiger charge is 2.24. The molecule has 0 spiro atoms. The van der Waals surface area contributed by atoms with Crippen molar-refractivity contribution in [2.45, 2.75) is 26.2 Å². The second-order valence-corrected chi connectivity index (χ2v) is 8.12. The number of nitriles is 1. The molecule has 0 saturated heterocycles. The van der Waals surface area contributed by atoms with Gasteiger partial charge in [0.15, 0.2) is 6.61 Å². The van der Waals surface area contributed by atoms with Gasteiger partial charge in [-0.25, -0.2) is 0 Å². The van der Waals surface area contributed by atoms with Crippen LogP contribution in [0, 0.1) is 17.2 Å². The Labute approximate surface area is 162 Å². The van der Waals surface area contributed by atoms with E-state index in [1.807, 2.05) is 42.5 Å². The third-order valence-corrected chi connectivity index (χ3v) is 6.14. The molecule has 0 aliphatic heterocycles. The zero-order valence-corrected chi connectivity index (χ0v) is 15.9. The molecule has 4 nitrogen and oxygen atoms in total. The molecule has 1 amide bonds. The second-order valence-electron chi connectivity index (χ2n) is 7.01. The van der Waals surface area contributed by atoms with Gasteiger partial charge in [0.25, 0.3) is 5.91 Å². The van der Waals surface area contributed by atoms with Crippen molar-refractivity contribution in [2.75, 3.05) is 11.9 Å². The van der Waals surface area contributed by atoms with Gasteiger partial charge in [-0.2, -0.15) is 5.26 Å². The minimum Gasteiger partial charge on any atom is -0.484 e. The highest BCUT2D eigenvalue weighted by atomic mass is 32.1. The van der Waals surface area contributed by atoms with Gasteiger partial charge in [0.05, 0.1) is 5.56 Å². The number of amides is 1. The zero-order valence-electron chi connectivity index (χ0n) is 15.1. The van der Waals surface area contributed by atoms with Gasteiger partial charge >= 0.3 is 0 Å². The summed E-state index contributed by atoms with van der Waals surface area (Å²) in [5.74, 6) is 1.04. The molecule has 2 aromatic carbocycles. The Balaban J connectivity index is 1.44. The van der Waals surface area contributed by atoms with E-state index in [1.165, 1.54) is 16.2 Å². The summed E-state index contributed by atoms with van der Waals surface area (Å²) in [5.41, 5.74) is 1.74. The van der Waals surface area contributed by atoms with E-state index >= 15 is 0 Å². The summed E-state index contributed by atoms with van der Waals surface area (Å²) in [4.78, 5) is 13.6. The molecule has 1 aromatic heterocycles. The lowest BCUT2D eigenvalue weighted by molar-refractivity contribution is -0.118. The molecule has 1 heterocycles. The standard InChI is InChI=1S/C22H20N2O2S/c1-14-6-9-18-19(12-23)22(27-20(18)10-14)24-21(25)13-26-17-8-7-15-4-2-3-5-16(15)11-17/h2-5,7-8,11,14H,6,9-10,13H2,1H3,(H,24,25)/t14-/m1/s1. The fraction of sp³-hybridized carbons (Fsp3) is 0.273. The van der Waals surface area contributed by atoms with E-state index in [2.05, 4.69) is 18.3 Å². The number of nitrogens with zero attached hydrogens (tertiary/aromatic N) is 1. The van der Waals surface area contributed by atoms with E-state index in [4.69, 9.17) is 4.74 Å². The molecule has 4 rings (SSSR count). The number of hydrogen-bond donors (Lipinski definition) is 1. The Bertz CT molecular complexity index is 1050. The Kier molecular flexibility index (Phi) is 4.83. The van der Waals surface area contributed by atoms with Crippen LogP contribution in [0.5, 0.6) is 5.75 Å². The van der Waals surface area contributed by atoms with E-state index in [0.717, 1.165) is 35.6 Å². The maximum Gasteiger partial charge on any atom is 0.262 e. The molecular weight excluding hydrogens is 356 g/mol. The molecule has 0 bridgehead atoms. The summed E-state index contributed by atoms with van der Waals surface area (Å²) < 4.78 is 5.65. The maximum absolute atomic E-state index is 12.4. The Morgan fingerprint density at radius 1 is 1.30 bits per heavy atom. The van der Waals surface area contributed by atoms with Crippen LogP contribution in [-0.2, 0) is 17.6 Å². The molecule has 27 heavy (non-hydrogen) atoms. The average Bonchev–Trinajstić information content (AvgIpc) is 3.02. The van der Waals surface area contributed by atoms with Crippen molar-refractivity contribution in [1.29, 1.82) is 5.26 Å². The van der Waals surface area contributed by atoms with Crippen LogP contribution < -0.4 is 10.1 Å². The van der Waals surface area contributed by atoms with Crippen molar-refractivity contribution in [2.24, 2.45) is 5.92 Å². The van der Waals surface area contributed by atoms with E-state index in [1.54, 1.807) is 0 Å². The smallest absolute Gasteiger partial charge is 0.262 e. The van der Waals surface area contributed by atoms with Crippen molar-refractivity contribution >= 4 is 33.0 Å². The van der Waals surface area contributed by atoms with Gasteiger partial charge in [0.1, 0.15) is 16.8 Å². The third kappa shape index (κ3) is 3.67. The molecule has 0 radical (unpaired) electrons. The number of ether oxygens (including phenoxy) is 1. The fourth-order valence-corrected chi connectivity index (χ4v) is 4.90. The van der Waals surface area contributed by atoms with Gasteiger partial charge in [0, 0.05) is 4.88 Å². The van der Waals surface area contributed by atoms with Gasteiger partial charge in [-0.1, -0.05) is 37.3 Å². The van der Waals surface area contributed by atoms with Crippen LogP contribution in [0.2, 0.25) is 0 Å². The van der Waals surface area contributed by atoms with Crippen molar-refractivity contribution < 1.29 is 9.53 Å². The summed E-state index contributed by atoms with van der Waals surface area (Å²) in [6, 6.07) is 16.1. The van der Waals surface area contributed by atoms with Gasteiger partial charge < -0.3 is 10.1 Å². The molecule has 1 N–H and O–H groups in total. The molecule has 0 unspecified atom stereocenters. The van der Waals surface area contributed by atoms with Crippen molar-refractivity contribution in [1.82, 2.24) is 0 Å². The largest absolute Gasteiger partial charge is 0.484 e. The number of nitrogens with one attached hydrogen (secondary N) is 1. The van der Waals surface area contributed by atoms with Crippen molar-refractivity contribution in [3.05, 3.63) is 58.5 Å². The summed E-state index contributed by atoms with van der Waals surface area (Å²) in [6.07, 6.45) is 2.99. The van der Waals surface area contributed by atoms with Crippen LogP contribution >= 0.6 is 11.3 Å². The number of anilines is 1. The second kappa shape index (κ2) is 7.42. The van der Waals surface area contributed by atoms with Crippen molar-refractivity contribution in [3.63, 3.8) is 0 Å². The van der Waals surface area contributed by atoms with E-state index in [0.29, 0.717) is 22.2 Å². The highest BCUT2D eigenvalue weighted by Crippen LogP contribution is 2.39. The van der Waals surface area contributed by atoms with Gasteiger partial charge in [0.2, 0.25) is 0 Å². The number of carbonyl (C=O) groups excluding carboxylic acids is 1. The summed E-state index contributed by atoms with van der Waals surface area (Å²) in [7, 11) is 0. The Hall–Kier alpha value is -2.84. The number of fused-ring (bicyclic) bond motifs is 2. The summed E-state index contributed by atoms with van der Waals surface area (Å²) >= 11 is 1.53. The van der Waals surface area contributed by atoms with Crippen LogP contribution in [0.4, 0.5) is 5.00 Å². The predicted molar refractivity (Wildman–Crippen MR) is 108 cm³/mol. The predicted octanol–water partition coefficient (Wildman–Crippen LogP) is 4.92. The molecule has 3 aromatic rings. The van der Waals surface area contributed by atoms with E-state index in [9.17, 15) is 10.1 Å². The van der Waals surface area contributed by atoms with E-state index in [-0.39, 0.29) is 12.5 Å². The lowest BCUT2D eigenvalue weighted by Crippen LogP contribution is -2.20. The van der Waals surface area contributed by atoms with Crippen LogP contribution in [0.1, 0.15) is 29.3 Å². The topological polar surface area (TPSA) is 62.1 Å². The lowest BCUT2D eigenvalue weighted by Gasteiger charge is -2.17. The Morgan fingerprint density at radius 2 is 2.11 bits per heavy atom. The number of carbonyl (C=O) groups is 1. The van der Waals surface area contributed by atoms with Crippen LogP contribution in [0.25, 0.3) is 10.8 Å². The summed E-state index contributed by atoms with van der Waals surface area (Å²) in [6.45, 7) is 2.15. The van der Waals surface area contributed by atoms with Crippen LogP contribution in [-0.4, -0.2) is 12.5 Å². The van der Waals surface area contributed by atoms with Gasteiger partial charge in [-0.15, -0.1) is 11.3 Å². The minimum atomic E-state index is -0.244. The Morgan fingerprint density at radius 3 is 2.93 bits per heavy atom. The number of benzene rings is 2. The monoisotopic (exact) mass is 376 g/mol. The minimum absolute atomic E-state index is 0.0812. The number of hydrogen-bond acceptors (Lipinski definition) is 4. The molecule has 1 aliphatic rings. The van der Waals surface area contributed by atoms with Crippen molar-refractivity contribution in [3.8, 4) is 11.8 Å². The zero-order chi connectivity index (χ0) is 18.8. The maximum atomic E-state index is 12.4. The van der Waals surface area contributed by atoms with Gasteiger partial charge in [-0.05, 0) is 53.6 Å². The van der Waals surface area contributed by atoms with Crippen LogP contribution in [0.15, 0.2) is 42.5 Å². The lowest BCUT2D eigenvalue weighted by atomic mass is 9.89. The first-order valence-corrected chi connectivity index (χ1v) is 9.92. The first kappa shape index (κ1) is 17.6. The first-order chi connectivity index (χ1) is 13.1. The first-order valence-electron chi connectivity index (χ1n) is 9.10. The third-order valence-electron chi connectivity index (χ3n) is 4.97. The SMILES string of the molecule is C[C@@H]1CCc2c(sc(NC(=O)COc3ccc4ccccc4c3)c2C#N)C1. The quantitative estimate of drug-likeness (QED) is 0.703. The van der Waals surface area contributed by atoms with E-state index < -0.39 is 0 Å².